The number of benzene rings is 3. The van der Waals surface area contributed by atoms with E-state index in [4.69, 9.17) is 9.47 Å². The smallest absolute Gasteiger partial charge is 0.258 e. The normalized spacial score (nSPS) is 10.2. The van der Waals surface area contributed by atoms with Crippen LogP contribution in [0.2, 0.25) is 0 Å². The topological polar surface area (TPSA) is 64.6 Å². The number of hydrogen-bond acceptors (Lipinski definition) is 4. The minimum Gasteiger partial charge on any atom is -0.489 e. The van der Waals surface area contributed by atoms with E-state index in [2.05, 4.69) is 11.9 Å². The molecular weight excluding hydrogens is 397 g/mol. The summed E-state index contributed by atoms with van der Waals surface area (Å²) < 4.78 is 24.2. The summed E-state index contributed by atoms with van der Waals surface area (Å²) in [7, 11) is 0. The molecule has 3 rings (SSSR count). The van der Waals surface area contributed by atoms with Gasteiger partial charge in [-0.25, -0.2) is 4.39 Å². The Morgan fingerprint density at radius 3 is 2.42 bits per heavy atom. The predicted octanol–water partition coefficient (Wildman–Crippen LogP) is 4.32. The zero-order chi connectivity index (χ0) is 22.1. The van der Waals surface area contributed by atoms with Crippen LogP contribution in [0.15, 0.2) is 85.5 Å². The van der Waals surface area contributed by atoms with Crippen molar-refractivity contribution in [2.24, 2.45) is 0 Å². The third kappa shape index (κ3) is 6.27. The molecule has 0 aliphatic rings. The van der Waals surface area contributed by atoms with Crippen molar-refractivity contribution in [2.75, 3.05) is 13.2 Å². The van der Waals surface area contributed by atoms with Crippen molar-refractivity contribution in [2.45, 2.75) is 6.54 Å². The van der Waals surface area contributed by atoms with E-state index in [1.807, 2.05) is 6.07 Å². The van der Waals surface area contributed by atoms with Crippen molar-refractivity contribution in [3.8, 4) is 11.5 Å². The van der Waals surface area contributed by atoms with E-state index in [-0.39, 0.29) is 36.4 Å². The SMILES string of the molecule is C=CCOc1ccc(C(=O)c2ccccc2)c(OCC(=O)NCc2ccc(F)cc2)c1. The molecule has 3 aromatic rings. The van der Waals surface area contributed by atoms with Crippen LogP contribution in [-0.4, -0.2) is 24.9 Å². The van der Waals surface area contributed by atoms with Gasteiger partial charge in [-0.05, 0) is 29.8 Å². The molecule has 0 aromatic heterocycles. The molecule has 0 aliphatic carbocycles. The Kier molecular flexibility index (Phi) is 7.54. The van der Waals surface area contributed by atoms with E-state index in [1.54, 1.807) is 60.7 Å². The Morgan fingerprint density at radius 2 is 1.71 bits per heavy atom. The van der Waals surface area contributed by atoms with Crippen molar-refractivity contribution >= 4 is 11.7 Å². The van der Waals surface area contributed by atoms with Gasteiger partial charge in [0.25, 0.3) is 5.91 Å². The molecule has 158 valence electrons. The van der Waals surface area contributed by atoms with Gasteiger partial charge in [-0.1, -0.05) is 55.1 Å². The van der Waals surface area contributed by atoms with Crippen molar-refractivity contribution < 1.29 is 23.5 Å². The van der Waals surface area contributed by atoms with Gasteiger partial charge in [-0.15, -0.1) is 0 Å². The van der Waals surface area contributed by atoms with Crippen LogP contribution in [0, 0.1) is 5.82 Å². The molecule has 6 heteroatoms. The number of carbonyl (C=O) groups is 2. The number of hydrogen-bond donors (Lipinski definition) is 1. The largest absolute Gasteiger partial charge is 0.489 e. The highest BCUT2D eigenvalue weighted by Crippen LogP contribution is 2.27. The van der Waals surface area contributed by atoms with Crippen molar-refractivity contribution in [3.63, 3.8) is 0 Å². The van der Waals surface area contributed by atoms with Gasteiger partial charge in [0.15, 0.2) is 12.4 Å². The zero-order valence-corrected chi connectivity index (χ0v) is 16.8. The van der Waals surface area contributed by atoms with Gasteiger partial charge >= 0.3 is 0 Å². The standard InChI is InChI=1S/C25H22FNO4/c1-2-14-30-21-12-13-22(25(29)19-6-4-3-5-7-19)23(15-21)31-17-24(28)27-16-18-8-10-20(26)11-9-18/h2-13,15H,1,14,16-17H2,(H,27,28). The Bertz CT molecular complexity index is 1050. The van der Waals surface area contributed by atoms with E-state index in [0.717, 1.165) is 5.56 Å². The van der Waals surface area contributed by atoms with Crippen LogP contribution < -0.4 is 14.8 Å². The van der Waals surface area contributed by atoms with Crippen LogP contribution in [0.25, 0.3) is 0 Å². The third-order valence-electron chi connectivity index (χ3n) is 4.36. The van der Waals surface area contributed by atoms with Gasteiger partial charge in [0.2, 0.25) is 0 Å². The quantitative estimate of drug-likeness (QED) is 0.393. The Balaban J connectivity index is 1.70. The van der Waals surface area contributed by atoms with E-state index in [0.29, 0.717) is 23.5 Å². The number of ether oxygens (including phenoxy) is 2. The van der Waals surface area contributed by atoms with Crippen LogP contribution >= 0.6 is 0 Å². The number of ketones is 1. The summed E-state index contributed by atoms with van der Waals surface area (Å²) in [6.45, 7) is 3.85. The second kappa shape index (κ2) is 10.7. The molecule has 0 fully saturated rings. The first-order chi connectivity index (χ1) is 15.1. The molecule has 0 atom stereocenters. The summed E-state index contributed by atoms with van der Waals surface area (Å²) in [5.41, 5.74) is 1.59. The zero-order valence-electron chi connectivity index (χ0n) is 16.8. The van der Waals surface area contributed by atoms with Gasteiger partial charge < -0.3 is 14.8 Å². The second-order valence-electron chi connectivity index (χ2n) is 6.64. The lowest BCUT2D eigenvalue weighted by Crippen LogP contribution is -2.28. The van der Waals surface area contributed by atoms with Crippen molar-refractivity contribution in [1.82, 2.24) is 5.32 Å². The molecule has 0 saturated heterocycles. The predicted molar refractivity (Wildman–Crippen MR) is 116 cm³/mol. The first kappa shape index (κ1) is 21.8. The van der Waals surface area contributed by atoms with Crippen LogP contribution in [-0.2, 0) is 11.3 Å². The Labute approximate surface area is 180 Å². The van der Waals surface area contributed by atoms with Gasteiger partial charge in [0.1, 0.15) is 23.9 Å². The molecule has 0 radical (unpaired) electrons. The third-order valence-corrected chi connectivity index (χ3v) is 4.36. The maximum atomic E-state index is 13.0. The molecule has 1 N–H and O–H groups in total. The minimum absolute atomic E-state index is 0.224. The maximum Gasteiger partial charge on any atom is 0.258 e. The summed E-state index contributed by atoms with van der Waals surface area (Å²) in [5, 5.41) is 2.70. The fourth-order valence-corrected chi connectivity index (χ4v) is 2.80. The molecule has 3 aromatic carbocycles. The Hall–Kier alpha value is -3.93. The number of carbonyl (C=O) groups excluding carboxylic acids is 2. The minimum atomic E-state index is -0.375. The van der Waals surface area contributed by atoms with Gasteiger partial charge in [-0.2, -0.15) is 0 Å². The monoisotopic (exact) mass is 419 g/mol. The molecule has 0 spiro atoms. The Morgan fingerprint density at radius 1 is 0.968 bits per heavy atom. The van der Waals surface area contributed by atoms with Gasteiger partial charge in [0.05, 0.1) is 5.56 Å². The lowest BCUT2D eigenvalue weighted by atomic mass is 10.0. The van der Waals surface area contributed by atoms with E-state index >= 15 is 0 Å². The summed E-state index contributed by atoms with van der Waals surface area (Å²) in [6.07, 6.45) is 1.60. The highest BCUT2D eigenvalue weighted by atomic mass is 19.1. The van der Waals surface area contributed by atoms with Gasteiger partial charge in [-0.3, -0.25) is 9.59 Å². The number of rotatable bonds is 10. The highest BCUT2D eigenvalue weighted by molar-refractivity contribution is 6.10. The van der Waals surface area contributed by atoms with E-state index in [1.165, 1.54) is 12.1 Å². The van der Waals surface area contributed by atoms with Gasteiger partial charge in [0, 0.05) is 18.2 Å². The molecule has 5 nitrogen and oxygen atoms in total. The molecule has 0 aliphatic heterocycles. The summed E-state index contributed by atoms with van der Waals surface area (Å²) in [5.74, 6) is -0.205. The van der Waals surface area contributed by atoms with Crippen LogP contribution in [0.5, 0.6) is 11.5 Å². The summed E-state index contributed by atoms with van der Waals surface area (Å²) in [4.78, 5) is 25.1. The van der Waals surface area contributed by atoms with E-state index < -0.39 is 0 Å². The van der Waals surface area contributed by atoms with Crippen molar-refractivity contribution in [3.05, 3.63) is 108 Å². The maximum absolute atomic E-state index is 13.0. The first-order valence-corrected chi connectivity index (χ1v) is 9.68. The molecule has 31 heavy (non-hydrogen) atoms. The van der Waals surface area contributed by atoms with Crippen molar-refractivity contribution in [1.29, 1.82) is 0 Å². The van der Waals surface area contributed by atoms with Crippen LogP contribution in [0.3, 0.4) is 0 Å². The molecule has 1 amide bonds. The summed E-state index contributed by atoms with van der Waals surface area (Å²) in [6, 6.07) is 19.5. The second-order valence-corrected chi connectivity index (χ2v) is 6.64. The first-order valence-electron chi connectivity index (χ1n) is 9.68. The van der Waals surface area contributed by atoms with Crippen LogP contribution in [0.4, 0.5) is 4.39 Å². The average molecular weight is 419 g/mol. The summed E-state index contributed by atoms with van der Waals surface area (Å²) >= 11 is 0. The highest BCUT2D eigenvalue weighted by Gasteiger charge is 2.17. The van der Waals surface area contributed by atoms with Crippen LogP contribution in [0.1, 0.15) is 21.5 Å². The number of nitrogens with one attached hydrogen (secondary N) is 1. The molecule has 0 unspecified atom stereocenters. The lowest BCUT2D eigenvalue weighted by molar-refractivity contribution is -0.123. The number of amides is 1. The van der Waals surface area contributed by atoms with E-state index in [9.17, 15) is 14.0 Å². The lowest BCUT2D eigenvalue weighted by Gasteiger charge is -2.13. The molecule has 0 saturated carbocycles. The molecule has 0 heterocycles. The molecular formula is C25H22FNO4. The fourth-order valence-electron chi connectivity index (χ4n) is 2.80. The molecule has 0 bridgehead atoms. The number of halogens is 1. The average Bonchev–Trinajstić information content (AvgIpc) is 2.81. The fraction of sp³-hybridized carbons (Fsp3) is 0.120.